The smallest absolute Gasteiger partial charge is 0.275 e. The molecule has 3 heterocycles. The molecule has 3 aromatic rings. The topological polar surface area (TPSA) is 114 Å². The Morgan fingerprint density at radius 2 is 1.95 bits per heavy atom. The van der Waals surface area contributed by atoms with Crippen LogP contribution in [0.15, 0.2) is 27.9 Å². The molecule has 38 heavy (non-hydrogen) atoms. The van der Waals surface area contributed by atoms with E-state index in [0.29, 0.717) is 78.0 Å². The number of hydrogen-bond acceptors (Lipinski definition) is 6. The van der Waals surface area contributed by atoms with Gasteiger partial charge in [-0.05, 0) is 68.7 Å². The number of carbonyl (C=O) groups is 1. The van der Waals surface area contributed by atoms with E-state index < -0.39 is 15.6 Å². The summed E-state index contributed by atoms with van der Waals surface area (Å²) >= 11 is 5.88. The number of H-pyrrole nitrogens is 1. The maximum absolute atomic E-state index is 13.6. The molecule has 1 N–H and O–H groups in total. The molecule has 1 saturated heterocycles. The lowest BCUT2D eigenvalue weighted by Gasteiger charge is -2.31. The van der Waals surface area contributed by atoms with E-state index in [0.717, 1.165) is 32.0 Å². The van der Waals surface area contributed by atoms with Gasteiger partial charge in [-0.25, -0.2) is 12.9 Å². The van der Waals surface area contributed by atoms with Gasteiger partial charge in [-0.15, -0.1) is 16.7 Å². The first-order chi connectivity index (χ1) is 18.3. The third-order valence-corrected chi connectivity index (χ3v) is 9.34. The fourth-order valence-corrected chi connectivity index (χ4v) is 7.09. The molecule has 0 bridgehead atoms. The highest BCUT2D eigenvalue weighted by molar-refractivity contribution is 7.89. The highest BCUT2D eigenvalue weighted by atomic mass is 35.5. The predicted molar refractivity (Wildman–Crippen MR) is 148 cm³/mol. The number of sulfonamides is 1. The first-order valence-electron chi connectivity index (χ1n) is 13.3. The van der Waals surface area contributed by atoms with Crippen LogP contribution >= 0.6 is 11.6 Å². The van der Waals surface area contributed by atoms with Crippen molar-refractivity contribution in [2.24, 2.45) is 5.92 Å². The molecule has 0 unspecified atom stereocenters. The highest BCUT2D eigenvalue weighted by Crippen LogP contribution is 2.33. The highest BCUT2D eigenvalue weighted by Gasteiger charge is 2.30. The number of nitrogens with zero attached hydrogens (tertiary/aromatic N) is 3. The number of aromatic nitrogens is 3. The number of aldehydes is 1. The number of fused-ring (bicyclic) bond motifs is 1. The minimum Gasteiger partial charge on any atom is -0.493 e. The number of piperidine rings is 1. The number of benzene rings is 1. The molecule has 0 saturated carbocycles. The second kappa shape index (κ2) is 12.0. The van der Waals surface area contributed by atoms with E-state index in [1.54, 1.807) is 10.6 Å². The largest absolute Gasteiger partial charge is 0.493 e. The molecule has 1 fully saturated rings. The van der Waals surface area contributed by atoms with E-state index in [2.05, 4.69) is 4.98 Å². The molecule has 1 aliphatic rings. The van der Waals surface area contributed by atoms with E-state index in [4.69, 9.17) is 21.4 Å². The average Bonchev–Trinajstić information content (AvgIpc) is 3.22. The molecule has 2 aromatic heterocycles. The van der Waals surface area contributed by atoms with Crippen LogP contribution in [-0.2, 0) is 22.9 Å². The van der Waals surface area contributed by atoms with E-state index >= 15 is 0 Å². The summed E-state index contributed by atoms with van der Waals surface area (Å²) in [5.74, 6) is 1.59. The van der Waals surface area contributed by atoms with Gasteiger partial charge in [0.15, 0.2) is 12.1 Å². The van der Waals surface area contributed by atoms with Crippen LogP contribution in [0, 0.1) is 5.92 Å². The number of aryl methyl sites for hydroxylation is 2. The minimum absolute atomic E-state index is 0.110. The van der Waals surface area contributed by atoms with Crippen LogP contribution < -0.4 is 10.3 Å². The lowest BCUT2D eigenvalue weighted by atomic mass is 9.96. The van der Waals surface area contributed by atoms with Crippen molar-refractivity contribution < 1.29 is 17.9 Å². The number of carbonyl (C=O) groups excluding carboxylic acids is 1. The van der Waals surface area contributed by atoms with Crippen LogP contribution in [-0.4, -0.2) is 59.2 Å². The average molecular weight is 563 g/mol. The van der Waals surface area contributed by atoms with E-state index in [1.807, 2.05) is 20.8 Å². The van der Waals surface area contributed by atoms with Crippen LogP contribution in [0.2, 0.25) is 0 Å². The van der Waals surface area contributed by atoms with Crippen LogP contribution in [0.3, 0.4) is 0 Å². The van der Waals surface area contributed by atoms with Crippen molar-refractivity contribution in [2.45, 2.75) is 64.2 Å². The summed E-state index contributed by atoms with van der Waals surface area (Å²) in [4.78, 5) is 28.2. The SMILES string of the molecule is CCCc1c(C=O)c(CC)c2c(=O)[nH]c(-c3cc(S(=O)(=O)N4CCC(CCCl)CC4)ccc3OCC)nn12. The summed E-state index contributed by atoms with van der Waals surface area (Å²) in [6.07, 6.45) is 5.05. The maximum Gasteiger partial charge on any atom is 0.275 e. The van der Waals surface area contributed by atoms with Crippen molar-refractivity contribution in [3.05, 3.63) is 45.4 Å². The lowest BCUT2D eigenvalue weighted by Crippen LogP contribution is -2.38. The zero-order valence-electron chi connectivity index (χ0n) is 22.1. The number of halogens is 1. The Kier molecular flexibility index (Phi) is 8.95. The van der Waals surface area contributed by atoms with Gasteiger partial charge in [-0.1, -0.05) is 20.3 Å². The monoisotopic (exact) mass is 562 g/mol. The van der Waals surface area contributed by atoms with Gasteiger partial charge in [0.2, 0.25) is 10.0 Å². The van der Waals surface area contributed by atoms with Gasteiger partial charge in [0.1, 0.15) is 11.3 Å². The van der Waals surface area contributed by atoms with Crippen LogP contribution in [0.5, 0.6) is 5.75 Å². The molecule has 0 amide bonds. The number of hydrogen-bond donors (Lipinski definition) is 1. The van der Waals surface area contributed by atoms with Crippen LogP contribution in [0.1, 0.15) is 68.1 Å². The molecular formula is C27H35ClN4O5S. The zero-order valence-corrected chi connectivity index (χ0v) is 23.7. The summed E-state index contributed by atoms with van der Waals surface area (Å²) in [6.45, 7) is 6.93. The van der Waals surface area contributed by atoms with Crippen molar-refractivity contribution in [2.75, 3.05) is 25.6 Å². The van der Waals surface area contributed by atoms with Crippen molar-refractivity contribution in [3.63, 3.8) is 0 Å². The van der Waals surface area contributed by atoms with Crippen LogP contribution in [0.4, 0.5) is 0 Å². The molecule has 0 spiro atoms. The zero-order chi connectivity index (χ0) is 27.4. The Bertz CT molecular complexity index is 1470. The summed E-state index contributed by atoms with van der Waals surface area (Å²) in [7, 11) is -3.77. The standard InChI is InChI=1S/C27H35ClN4O5S/c1-4-7-23-22(17-33)20(5-2)25-27(34)29-26(30-32(23)25)21-16-19(8-9-24(21)37-6-3)38(35,36)31-14-11-18(10-13-28)12-15-31/h8-9,16-18H,4-7,10-15H2,1-3H3,(H,29,30,34). The molecule has 206 valence electrons. The summed E-state index contributed by atoms with van der Waals surface area (Å²) < 4.78 is 36.0. The second-order valence-corrected chi connectivity index (χ2v) is 11.9. The Balaban J connectivity index is 1.84. The molecule has 4 rings (SSSR count). The van der Waals surface area contributed by atoms with Gasteiger partial charge < -0.3 is 9.72 Å². The lowest BCUT2D eigenvalue weighted by molar-refractivity contribution is 0.112. The Morgan fingerprint density at radius 3 is 2.55 bits per heavy atom. The van der Waals surface area contributed by atoms with Crippen molar-refractivity contribution in [1.82, 2.24) is 18.9 Å². The van der Waals surface area contributed by atoms with Crippen molar-refractivity contribution in [3.8, 4) is 17.1 Å². The first kappa shape index (κ1) is 28.3. The molecule has 11 heteroatoms. The van der Waals surface area contributed by atoms with Crippen molar-refractivity contribution >= 4 is 33.4 Å². The normalized spacial score (nSPS) is 15.3. The van der Waals surface area contributed by atoms with Crippen molar-refractivity contribution in [1.29, 1.82) is 0 Å². The molecule has 0 radical (unpaired) electrons. The Labute approximate surface area is 228 Å². The molecule has 1 aromatic carbocycles. The first-order valence-corrected chi connectivity index (χ1v) is 15.2. The van der Waals surface area contributed by atoms with Gasteiger partial charge in [0.25, 0.3) is 5.56 Å². The number of ether oxygens (including phenoxy) is 1. The summed E-state index contributed by atoms with van der Waals surface area (Å²) in [5, 5.41) is 4.71. The summed E-state index contributed by atoms with van der Waals surface area (Å²) in [6, 6.07) is 4.65. The number of rotatable bonds is 11. The third kappa shape index (κ3) is 5.26. The Hall–Kier alpha value is -2.69. The van der Waals surface area contributed by atoms with Crippen LogP contribution in [0.25, 0.3) is 16.9 Å². The third-order valence-electron chi connectivity index (χ3n) is 7.23. The van der Waals surface area contributed by atoms with Gasteiger partial charge in [0, 0.05) is 24.5 Å². The quantitative estimate of drug-likeness (QED) is 0.273. The number of nitrogens with one attached hydrogen (secondary N) is 1. The van der Waals surface area contributed by atoms with Gasteiger partial charge >= 0.3 is 0 Å². The van der Waals surface area contributed by atoms with Gasteiger partial charge in [0.05, 0.1) is 22.8 Å². The number of aromatic amines is 1. The van der Waals surface area contributed by atoms with Gasteiger partial charge in [-0.2, -0.15) is 4.31 Å². The van der Waals surface area contributed by atoms with Gasteiger partial charge in [-0.3, -0.25) is 9.59 Å². The fraction of sp³-hybridized carbons (Fsp3) is 0.519. The molecular weight excluding hydrogens is 528 g/mol. The molecule has 0 atom stereocenters. The fourth-order valence-electron chi connectivity index (χ4n) is 5.29. The van der Waals surface area contributed by atoms with E-state index in [9.17, 15) is 18.0 Å². The van der Waals surface area contributed by atoms with E-state index in [1.165, 1.54) is 16.4 Å². The maximum atomic E-state index is 13.6. The van der Waals surface area contributed by atoms with E-state index in [-0.39, 0.29) is 10.7 Å². The number of alkyl halides is 1. The minimum atomic E-state index is -3.77. The molecule has 0 aliphatic carbocycles. The molecule has 9 nitrogen and oxygen atoms in total. The predicted octanol–water partition coefficient (Wildman–Crippen LogP) is 4.45. The summed E-state index contributed by atoms with van der Waals surface area (Å²) in [5.41, 5.74) is 2.12. The Morgan fingerprint density at radius 1 is 1.21 bits per heavy atom. The molecule has 1 aliphatic heterocycles. The second-order valence-electron chi connectivity index (χ2n) is 9.54.